The molecule has 10 nitrogen and oxygen atoms in total. The number of fused-ring (bicyclic) bond motifs is 1. The first-order chi connectivity index (χ1) is 15.0. The van der Waals surface area contributed by atoms with Crippen LogP contribution in [0.1, 0.15) is 26.7 Å². The predicted molar refractivity (Wildman–Crippen MR) is 108 cm³/mol. The summed E-state index contributed by atoms with van der Waals surface area (Å²) < 4.78 is 32.1. The minimum atomic E-state index is -0.592. The molecule has 1 aliphatic rings. The number of aromatic nitrogens is 5. The summed E-state index contributed by atoms with van der Waals surface area (Å²) in [5, 5.41) is 4.76. The van der Waals surface area contributed by atoms with E-state index in [2.05, 4.69) is 20.1 Å². The minimum Gasteiger partial charge on any atom is -0.495 e. The second kappa shape index (κ2) is 8.70. The number of likely N-dealkylation sites (tertiary alicyclic amines) is 1. The number of piperidine rings is 1. The summed E-state index contributed by atoms with van der Waals surface area (Å²) in [5.74, 6) is 0.0665. The third kappa shape index (κ3) is 4.35. The van der Waals surface area contributed by atoms with Crippen molar-refractivity contribution in [3.05, 3.63) is 30.6 Å². The lowest BCUT2D eigenvalue weighted by molar-refractivity contribution is 0.0511. The molecule has 3 aromatic heterocycles. The number of hydrogen-bond acceptors (Lipinski definition) is 8. The quantitative estimate of drug-likeness (QED) is 0.609. The minimum absolute atomic E-state index is 0.00239. The van der Waals surface area contributed by atoms with Gasteiger partial charge in [-0.15, -0.1) is 0 Å². The number of carbonyl (C=O) groups excluding carboxylic acids is 1. The van der Waals surface area contributed by atoms with E-state index in [4.69, 9.17) is 14.2 Å². The van der Waals surface area contributed by atoms with Crippen molar-refractivity contribution in [3.63, 3.8) is 0 Å². The van der Waals surface area contributed by atoms with Gasteiger partial charge in [0.25, 0.3) is 0 Å². The van der Waals surface area contributed by atoms with Crippen molar-refractivity contribution in [1.29, 1.82) is 0 Å². The fourth-order valence-corrected chi connectivity index (χ4v) is 3.34. The summed E-state index contributed by atoms with van der Waals surface area (Å²) in [5.41, 5.74) is 0.375. The molecule has 31 heavy (non-hydrogen) atoms. The molecule has 1 aliphatic heterocycles. The topological polar surface area (TPSA) is 104 Å². The van der Waals surface area contributed by atoms with Crippen LogP contribution in [0.5, 0.6) is 11.6 Å². The lowest BCUT2D eigenvalue weighted by atomic mass is 10.1. The molecular weight excluding hydrogens is 407 g/mol. The van der Waals surface area contributed by atoms with Crippen molar-refractivity contribution < 1.29 is 23.4 Å². The summed E-state index contributed by atoms with van der Waals surface area (Å²) in [6.45, 7) is 4.71. The molecule has 1 fully saturated rings. The lowest BCUT2D eigenvalue weighted by Crippen LogP contribution is -2.42. The van der Waals surface area contributed by atoms with E-state index in [1.54, 1.807) is 4.90 Å². The third-order valence-electron chi connectivity index (χ3n) is 4.88. The van der Waals surface area contributed by atoms with Gasteiger partial charge in [-0.25, -0.2) is 24.1 Å². The van der Waals surface area contributed by atoms with Gasteiger partial charge < -0.3 is 19.1 Å². The van der Waals surface area contributed by atoms with E-state index in [1.807, 2.05) is 13.8 Å². The molecule has 0 spiro atoms. The number of rotatable bonds is 5. The first-order valence-corrected chi connectivity index (χ1v) is 9.97. The van der Waals surface area contributed by atoms with E-state index in [9.17, 15) is 9.18 Å². The molecule has 0 aliphatic carbocycles. The highest BCUT2D eigenvalue weighted by Gasteiger charge is 2.26. The molecule has 164 valence electrons. The molecule has 0 bridgehead atoms. The summed E-state index contributed by atoms with van der Waals surface area (Å²) >= 11 is 0. The molecule has 0 unspecified atom stereocenters. The van der Waals surface area contributed by atoms with Crippen LogP contribution < -0.4 is 9.47 Å². The van der Waals surface area contributed by atoms with Gasteiger partial charge in [-0.3, -0.25) is 0 Å². The van der Waals surface area contributed by atoms with Crippen molar-refractivity contribution >= 4 is 17.1 Å². The first kappa shape index (κ1) is 20.8. The van der Waals surface area contributed by atoms with E-state index < -0.39 is 5.82 Å². The average molecular weight is 430 g/mol. The number of methoxy groups -OCH3 is 1. The number of halogens is 1. The fraction of sp³-hybridized carbons (Fsp3) is 0.450. The smallest absolute Gasteiger partial charge is 0.410 e. The van der Waals surface area contributed by atoms with E-state index in [1.165, 1.54) is 36.6 Å². The van der Waals surface area contributed by atoms with Gasteiger partial charge >= 0.3 is 6.09 Å². The number of carbonyl (C=O) groups is 1. The van der Waals surface area contributed by atoms with Gasteiger partial charge in [0.05, 0.1) is 25.6 Å². The standard InChI is InChI=1S/C20H23FN6O4/c1-12(2)30-20(28)26-6-4-13(5-7-26)31-19-15-10-25-27(17(15)23-11-24-19)18-16(21)8-14(29-3)9-22-18/h8-13H,4-7H2,1-3H3. The van der Waals surface area contributed by atoms with Crippen LogP contribution in [0.3, 0.4) is 0 Å². The van der Waals surface area contributed by atoms with Crippen LogP contribution in [0.25, 0.3) is 16.9 Å². The Morgan fingerprint density at radius 2 is 1.97 bits per heavy atom. The predicted octanol–water partition coefficient (Wildman–Crippen LogP) is 2.75. The molecule has 0 atom stereocenters. The molecule has 4 rings (SSSR count). The first-order valence-electron chi connectivity index (χ1n) is 9.97. The van der Waals surface area contributed by atoms with Crippen LogP contribution in [-0.4, -0.2) is 68.1 Å². The number of nitrogens with zero attached hydrogens (tertiary/aromatic N) is 6. The Kier molecular flexibility index (Phi) is 5.83. The van der Waals surface area contributed by atoms with Crippen LogP contribution in [0.4, 0.5) is 9.18 Å². The van der Waals surface area contributed by atoms with E-state index in [-0.39, 0.29) is 24.1 Å². The molecule has 1 amide bonds. The monoisotopic (exact) mass is 430 g/mol. The maximum Gasteiger partial charge on any atom is 0.410 e. The average Bonchev–Trinajstić information content (AvgIpc) is 3.18. The van der Waals surface area contributed by atoms with Crippen LogP contribution in [0.2, 0.25) is 0 Å². The molecule has 11 heteroatoms. The normalized spacial score (nSPS) is 14.8. The second-order valence-electron chi connectivity index (χ2n) is 7.39. The van der Waals surface area contributed by atoms with Crippen LogP contribution >= 0.6 is 0 Å². The zero-order valence-electron chi connectivity index (χ0n) is 17.5. The maximum absolute atomic E-state index is 14.5. The molecule has 0 radical (unpaired) electrons. The van der Waals surface area contributed by atoms with Crippen molar-refractivity contribution in [1.82, 2.24) is 29.6 Å². The number of amides is 1. The fourth-order valence-electron chi connectivity index (χ4n) is 3.34. The summed E-state index contributed by atoms with van der Waals surface area (Å²) in [4.78, 5) is 26.2. The van der Waals surface area contributed by atoms with Crippen LogP contribution in [0, 0.1) is 5.82 Å². The van der Waals surface area contributed by atoms with Gasteiger partial charge in [-0.2, -0.15) is 9.78 Å². The Hall–Kier alpha value is -3.50. The Bertz CT molecular complexity index is 1080. The molecule has 0 saturated carbocycles. The second-order valence-corrected chi connectivity index (χ2v) is 7.39. The van der Waals surface area contributed by atoms with Gasteiger partial charge in [0.1, 0.15) is 23.6 Å². The van der Waals surface area contributed by atoms with Gasteiger partial charge in [-0.05, 0) is 13.8 Å². The van der Waals surface area contributed by atoms with Gasteiger partial charge in [0.2, 0.25) is 5.88 Å². The largest absolute Gasteiger partial charge is 0.495 e. The summed E-state index contributed by atoms with van der Waals surface area (Å²) in [6.07, 6.45) is 4.95. The molecule has 3 aromatic rings. The number of pyridine rings is 1. The SMILES string of the molecule is COc1cnc(-n2ncc3c(OC4CCN(C(=O)OC(C)C)CC4)ncnc32)c(F)c1. The van der Waals surface area contributed by atoms with Crippen molar-refractivity contribution in [3.8, 4) is 17.4 Å². The molecule has 0 aromatic carbocycles. The highest BCUT2D eigenvalue weighted by molar-refractivity contribution is 5.81. The van der Waals surface area contributed by atoms with E-state index in [0.29, 0.717) is 48.6 Å². The van der Waals surface area contributed by atoms with Crippen molar-refractivity contribution in [2.75, 3.05) is 20.2 Å². The summed E-state index contributed by atoms with van der Waals surface area (Å²) in [6, 6.07) is 1.23. The Balaban J connectivity index is 1.50. The van der Waals surface area contributed by atoms with E-state index >= 15 is 0 Å². The van der Waals surface area contributed by atoms with Crippen molar-refractivity contribution in [2.24, 2.45) is 0 Å². The van der Waals surface area contributed by atoms with Crippen LogP contribution in [0.15, 0.2) is 24.8 Å². The molecule has 4 heterocycles. The Morgan fingerprint density at radius 3 is 2.65 bits per heavy atom. The number of hydrogen-bond donors (Lipinski definition) is 0. The Labute approximate surface area is 178 Å². The van der Waals surface area contributed by atoms with Gasteiger partial charge in [-0.1, -0.05) is 0 Å². The van der Waals surface area contributed by atoms with E-state index in [0.717, 1.165) is 0 Å². The highest BCUT2D eigenvalue weighted by atomic mass is 19.1. The molecular formula is C20H23FN6O4. The maximum atomic E-state index is 14.5. The van der Waals surface area contributed by atoms with Gasteiger partial charge in [0.15, 0.2) is 17.3 Å². The number of ether oxygens (including phenoxy) is 3. The highest BCUT2D eigenvalue weighted by Crippen LogP contribution is 2.27. The zero-order chi connectivity index (χ0) is 22.0. The Morgan fingerprint density at radius 1 is 1.19 bits per heavy atom. The van der Waals surface area contributed by atoms with Crippen LogP contribution in [-0.2, 0) is 4.74 Å². The lowest BCUT2D eigenvalue weighted by Gasteiger charge is -2.31. The molecule has 0 N–H and O–H groups in total. The van der Waals surface area contributed by atoms with Gasteiger partial charge in [0, 0.05) is 32.0 Å². The van der Waals surface area contributed by atoms with Crippen molar-refractivity contribution in [2.45, 2.75) is 38.9 Å². The summed E-state index contributed by atoms with van der Waals surface area (Å²) in [7, 11) is 1.44. The third-order valence-corrected chi connectivity index (χ3v) is 4.88. The molecule has 1 saturated heterocycles. The zero-order valence-corrected chi connectivity index (χ0v) is 17.5.